The fraction of sp³-hybridized carbons (Fsp3) is 0.889. The second kappa shape index (κ2) is 5.41. The van der Waals surface area contributed by atoms with E-state index in [0.29, 0.717) is 6.04 Å². The number of amides is 1. The van der Waals surface area contributed by atoms with Crippen LogP contribution in [-0.2, 0) is 4.74 Å². The first kappa shape index (κ1) is 12.4. The Morgan fingerprint density at radius 1 is 1.43 bits per heavy atom. The quantitative estimate of drug-likeness (QED) is 0.740. The minimum atomic E-state index is -0.381. The summed E-state index contributed by atoms with van der Waals surface area (Å²) < 4.78 is 5.20. The van der Waals surface area contributed by atoms with Crippen LogP contribution in [0, 0.1) is 0 Å². The average Bonchev–Trinajstić information content (AvgIpc) is 2.02. The van der Waals surface area contributed by atoms with Crippen LogP contribution >= 0.6 is 0 Å². The van der Waals surface area contributed by atoms with Crippen LogP contribution in [-0.4, -0.2) is 44.0 Å². The molecule has 3 nitrogen and oxygen atoms in total. The Morgan fingerprint density at radius 2 is 2.14 bits per heavy atom. The molecular formula is C9H17NO2Se2. The van der Waals surface area contributed by atoms with Gasteiger partial charge in [0.1, 0.15) is 0 Å². The predicted octanol–water partition coefficient (Wildman–Crippen LogP) is 1.44. The standard InChI is InChI=1S/C9H17NO2Se2/c1-9(2,3)12-8(11)10-7-4-5-13-14-6-7/h7H,4-6H2,1-3H3,(H,10,11)/t7-/m0/s1. The number of ether oxygens (including phenoxy) is 1. The van der Waals surface area contributed by atoms with Gasteiger partial charge in [0, 0.05) is 0 Å². The van der Waals surface area contributed by atoms with E-state index < -0.39 is 0 Å². The van der Waals surface area contributed by atoms with Crippen molar-refractivity contribution in [2.45, 2.75) is 49.5 Å². The molecule has 1 N–H and O–H groups in total. The van der Waals surface area contributed by atoms with E-state index in [1.54, 1.807) is 0 Å². The molecule has 0 unspecified atom stereocenters. The number of hydrogen-bond acceptors (Lipinski definition) is 2. The molecule has 82 valence electrons. The Balaban J connectivity index is 2.25. The van der Waals surface area contributed by atoms with Crippen LogP contribution in [0.4, 0.5) is 4.79 Å². The molecule has 1 fully saturated rings. The van der Waals surface area contributed by atoms with E-state index in [9.17, 15) is 4.79 Å². The molecule has 0 spiro atoms. The first-order valence-corrected chi connectivity index (χ1v) is 11.5. The Kier molecular flexibility index (Phi) is 4.78. The number of alkyl carbamates (subject to hydrolysis) is 1. The molecule has 1 rings (SSSR count). The van der Waals surface area contributed by atoms with Gasteiger partial charge in [0.2, 0.25) is 0 Å². The normalized spacial score (nSPS) is 22.9. The average molecular weight is 329 g/mol. The van der Waals surface area contributed by atoms with Crippen molar-refractivity contribution in [2.24, 2.45) is 0 Å². The van der Waals surface area contributed by atoms with E-state index in [2.05, 4.69) is 5.32 Å². The van der Waals surface area contributed by atoms with Gasteiger partial charge < -0.3 is 0 Å². The zero-order valence-corrected chi connectivity index (χ0v) is 12.3. The molecule has 0 bridgehead atoms. The van der Waals surface area contributed by atoms with Gasteiger partial charge in [-0.15, -0.1) is 0 Å². The zero-order valence-electron chi connectivity index (χ0n) is 8.83. The Morgan fingerprint density at radius 3 is 2.64 bits per heavy atom. The van der Waals surface area contributed by atoms with Crippen molar-refractivity contribution < 1.29 is 9.53 Å². The molecule has 0 aromatic heterocycles. The topological polar surface area (TPSA) is 38.3 Å². The summed E-state index contributed by atoms with van der Waals surface area (Å²) in [7, 11) is 0. The van der Waals surface area contributed by atoms with Gasteiger partial charge in [-0.05, 0) is 0 Å². The number of carbonyl (C=O) groups excluding carboxylic acids is 1. The Labute approximate surface area is 96.6 Å². The van der Waals surface area contributed by atoms with Crippen molar-refractivity contribution in [1.29, 1.82) is 0 Å². The summed E-state index contributed by atoms with van der Waals surface area (Å²) in [6.07, 6.45) is 0.883. The van der Waals surface area contributed by atoms with Crippen molar-refractivity contribution in [3.63, 3.8) is 0 Å². The summed E-state index contributed by atoms with van der Waals surface area (Å²) in [6.45, 7) is 5.67. The molecule has 1 aliphatic heterocycles. The molecule has 14 heavy (non-hydrogen) atoms. The zero-order chi connectivity index (χ0) is 10.6. The van der Waals surface area contributed by atoms with Gasteiger partial charge >= 0.3 is 96.7 Å². The van der Waals surface area contributed by atoms with Gasteiger partial charge in [-0.3, -0.25) is 0 Å². The van der Waals surface area contributed by atoms with E-state index in [-0.39, 0.29) is 11.7 Å². The van der Waals surface area contributed by atoms with Crippen LogP contribution in [0.1, 0.15) is 27.2 Å². The number of carbonyl (C=O) groups is 1. The van der Waals surface area contributed by atoms with Crippen molar-refractivity contribution in [2.75, 3.05) is 0 Å². The van der Waals surface area contributed by atoms with Gasteiger partial charge in [-0.1, -0.05) is 0 Å². The molecule has 1 aliphatic rings. The Hall–Kier alpha value is 0.309. The molecular weight excluding hydrogens is 312 g/mol. The number of rotatable bonds is 1. The van der Waals surface area contributed by atoms with Crippen molar-refractivity contribution in [3.8, 4) is 0 Å². The van der Waals surface area contributed by atoms with Gasteiger partial charge in [0.25, 0.3) is 0 Å². The molecule has 1 heterocycles. The molecule has 0 aromatic carbocycles. The van der Waals surface area contributed by atoms with Gasteiger partial charge in [-0.25, -0.2) is 0 Å². The monoisotopic (exact) mass is 331 g/mol. The maximum absolute atomic E-state index is 11.4. The van der Waals surface area contributed by atoms with E-state index in [1.807, 2.05) is 20.8 Å². The third kappa shape index (κ3) is 5.25. The third-order valence-corrected chi connectivity index (χ3v) is 9.06. The van der Waals surface area contributed by atoms with Crippen molar-refractivity contribution in [3.05, 3.63) is 0 Å². The predicted molar refractivity (Wildman–Crippen MR) is 58.9 cm³/mol. The summed E-state index contributed by atoms with van der Waals surface area (Å²) in [5.41, 5.74) is -0.381. The molecule has 0 radical (unpaired) electrons. The molecule has 1 atom stereocenters. The molecule has 5 heteroatoms. The van der Waals surface area contributed by atoms with Crippen LogP contribution in [0.3, 0.4) is 0 Å². The fourth-order valence-electron chi connectivity index (χ4n) is 1.05. The number of nitrogens with one attached hydrogen (secondary N) is 1. The molecule has 0 aliphatic carbocycles. The summed E-state index contributed by atoms with van der Waals surface area (Å²) in [5.74, 6) is 0. The fourth-order valence-corrected chi connectivity index (χ4v) is 8.34. The molecule has 1 amide bonds. The first-order chi connectivity index (χ1) is 6.47. The summed E-state index contributed by atoms with van der Waals surface area (Å²) >= 11 is 1.66. The summed E-state index contributed by atoms with van der Waals surface area (Å²) in [5, 5.41) is 5.44. The van der Waals surface area contributed by atoms with E-state index in [4.69, 9.17) is 4.74 Å². The van der Waals surface area contributed by atoms with Crippen LogP contribution in [0.25, 0.3) is 0 Å². The second-order valence-electron chi connectivity index (χ2n) is 4.24. The van der Waals surface area contributed by atoms with E-state index in [1.165, 1.54) is 10.6 Å². The minimum absolute atomic E-state index is 0.257. The summed E-state index contributed by atoms with van der Waals surface area (Å²) in [4.78, 5) is 11.4. The first-order valence-electron chi connectivity index (χ1n) is 4.71. The summed E-state index contributed by atoms with van der Waals surface area (Å²) in [6, 6.07) is 0.375. The molecule has 0 aromatic rings. The van der Waals surface area contributed by atoms with Crippen LogP contribution < -0.4 is 5.32 Å². The maximum atomic E-state index is 11.4. The SMILES string of the molecule is CC(C)(C)OC(=O)N[C@H]1CC[Se][Se]C1. The van der Waals surface area contributed by atoms with Gasteiger partial charge in [0.15, 0.2) is 0 Å². The van der Waals surface area contributed by atoms with Gasteiger partial charge in [0.05, 0.1) is 0 Å². The van der Waals surface area contributed by atoms with E-state index in [0.717, 1.165) is 32.7 Å². The third-order valence-electron chi connectivity index (χ3n) is 1.62. The van der Waals surface area contributed by atoms with Gasteiger partial charge in [-0.2, -0.15) is 0 Å². The van der Waals surface area contributed by atoms with Crippen LogP contribution in [0.15, 0.2) is 0 Å². The molecule has 1 saturated heterocycles. The second-order valence-corrected chi connectivity index (χ2v) is 11.9. The Bertz CT molecular complexity index is 197. The van der Waals surface area contributed by atoms with Crippen LogP contribution in [0.5, 0.6) is 0 Å². The van der Waals surface area contributed by atoms with Crippen molar-refractivity contribution >= 4 is 32.4 Å². The van der Waals surface area contributed by atoms with E-state index >= 15 is 0 Å². The van der Waals surface area contributed by atoms with Crippen LogP contribution in [0.2, 0.25) is 10.6 Å². The molecule has 0 saturated carbocycles. The number of hydrogen-bond donors (Lipinski definition) is 1. The van der Waals surface area contributed by atoms with Crippen molar-refractivity contribution in [1.82, 2.24) is 5.32 Å².